The molecular formula is C16H16FN3O3S. The van der Waals surface area contributed by atoms with E-state index in [2.05, 4.69) is 16.2 Å². The third-order valence-corrected chi connectivity index (χ3v) is 3.25. The number of rotatable bonds is 4. The van der Waals surface area contributed by atoms with Crippen molar-refractivity contribution in [2.45, 2.75) is 0 Å². The van der Waals surface area contributed by atoms with Crippen LogP contribution in [-0.4, -0.2) is 25.2 Å². The van der Waals surface area contributed by atoms with Crippen LogP contribution in [0.4, 0.5) is 10.1 Å². The standard InChI is InChI=1S/C16H16FN3O3S/c1-22-12-7-8-13(14(9-12)23-2)15(21)19-20-16(24)18-11-5-3-10(17)4-6-11/h3-9H,1-2H3,(H,19,21)(H2,18,20,24). The zero-order valence-electron chi connectivity index (χ0n) is 13.1. The molecule has 0 heterocycles. The van der Waals surface area contributed by atoms with E-state index in [0.29, 0.717) is 22.7 Å². The molecule has 0 aromatic heterocycles. The van der Waals surface area contributed by atoms with Crippen LogP contribution in [0.15, 0.2) is 42.5 Å². The summed E-state index contributed by atoms with van der Waals surface area (Å²) in [5, 5.41) is 2.97. The first-order chi connectivity index (χ1) is 11.5. The van der Waals surface area contributed by atoms with Crippen molar-refractivity contribution in [1.82, 2.24) is 10.9 Å². The molecule has 126 valence electrons. The van der Waals surface area contributed by atoms with Crippen molar-refractivity contribution in [2.24, 2.45) is 0 Å². The molecule has 0 atom stereocenters. The number of ether oxygens (including phenoxy) is 2. The zero-order chi connectivity index (χ0) is 17.5. The van der Waals surface area contributed by atoms with E-state index in [4.69, 9.17) is 21.7 Å². The molecular weight excluding hydrogens is 333 g/mol. The first-order valence-electron chi connectivity index (χ1n) is 6.88. The van der Waals surface area contributed by atoms with Crippen LogP contribution in [0.3, 0.4) is 0 Å². The van der Waals surface area contributed by atoms with Gasteiger partial charge in [-0.05, 0) is 48.6 Å². The number of amides is 1. The molecule has 0 aliphatic carbocycles. The first kappa shape index (κ1) is 17.5. The summed E-state index contributed by atoms with van der Waals surface area (Å²) in [5.41, 5.74) is 5.92. The van der Waals surface area contributed by atoms with E-state index in [9.17, 15) is 9.18 Å². The number of carbonyl (C=O) groups excluding carboxylic acids is 1. The molecule has 2 aromatic carbocycles. The Morgan fingerprint density at radius 1 is 1.04 bits per heavy atom. The summed E-state index contributed by atoms with van der Waals surface area (Å²) in [5.74, 6) is 0.160. The topological polar surface area (TPSA) is 71.6 Å². The van der Waals surface area contributed by atoms with E-state index in [1.807, 2.05) is 0 Å². The fraction of sp³-hybridized carbons (Fsp3) is 0.125. The Kier molecular flexibility index (Phi) is 5.91. The summed E-state index contributed by atoms with van der Waals surface area (Å²) in [6, 6.07) is 10.5. The maximum absolute atomic E-state index is 12.8. The summed E-state index contributed by atoms with van der Waals surface area (Å²) in [4.78, 5) is 12.2. The molecule has 24 heavy (non-hydrogen) atoms. The SMILES string of the molecule is COc1ccc(C(=O)NNC(=S)Nc2ccc(F)cc2)c(OC)c1. The zero-order valence-corrected chi connectivity index (χ0v) is 13.9. The quantitative estimate of drug-likeness (QED) is 0.582. The Morgan fingerprint density at radius 3 is 2.38 bits per heavy atom. The molecule has 0 unspecified atom stereocenters. The number of hydrogen-bond acceptors (Lipinski definition) is 4. The van der Waals surface area contributed by atoms with Crippen molar-refractivity contribution in [3.8, 4) is 11.5 Å². The molecule has 0 saturated heterocycles. The maximum atomic E-state index is 12.8. The van der Waals surface area contributed by atoms with Crippen molar-refractivity contribution < 1.29 is 18.7 Å². The van der Waals surface area contributed by atoms with Crippen molar-refractivity contribution >= 4 is 28.9 Å². The third kappa shape index (κ3) is 4.56. The number of thiocarbonyl (C=S) groups is 1. The van der Waals surface area contributed by atoms with Crippen LogP contribution in [-0.2, 0) is 0 Å². The minimum absolute atomic E-state index is 0.155. The largest absolute Gasteiger partial charge is 0.497 e. The van der Waals surface area contributed by atoms with E-state index < -0.39 is 5.91 Å². The van der Waals surface area contributed by atoms with E-state index in [1.54, 1.807) is 18.2 Å². The van der Waals surface area contributed by atoms with Gasteiger partial charge in [0, 0.05) is 11.8 Å². The minimum atomic E-state index is -0.433. The van der Waals surface area contributed by atoms with Gasteiger partial charge in [-0.15, -0.1) is 0 Å². The fourth-order valence-corrected chi connectivity index (χ4v) is 2.03. The van der Waals surface area contributed by atoms with Crippen molar-refractivity contribution in [3.05, 3.63) is 53.8 Å². The second-order valence-electron chi connectivity index (χ2n) is 4.61. The van der Waals surface area contributed by atoms with Gasteiger partial charge in [0.1, 0.15) is 17.3 Å². The number of methoxy groups -OCH3 is 2. The van der Waals surface area contributed by atoms with Gasteiger partial charge < -0.3 is 14.8 Å². The average Bonchev–Trinajstić information content (AvgIpc) is 2.61. The third-order valence-electron chi connectivity index (χ3n) is 3.04. The molecule has 3 N–H and O–H groups in total. The van der Waals surface area contributed by atoms with Crippen LogP contribution in [0.1, 0.15) is 10.4 Å². The van der Waals surface area contributed by atoms with E-state index in [-0.39, 0.29) is 10.9 Å². The average molecular weight is 349 g/mol. The van der Waals surface area contributed by atoms with Crippen LogP contribution in [0, 0.1) is 5.82 Å². The van der Waals surface area contributed by atoms with Crippen LogP contribution in [0.5, 0.6) is 11.5 Å². The van der Waals surface area contributed by atoms with Gasteiger partial charge in [0.15, 0.2) is 5.11 Å². The summed E-state index contributed by atoms with van der Waals surface area (Å²) < 4.78 is 23.1. The number of carbonyl (C=O) groups is 1. The van der Waals surface area contributed by atoms with Gasteiger partial charge in [0.2, 0.25) is 0 Å². The molecule has 1 amide bonds. The molecule has 0 spiro atoms. The Balaban J connectivity index is 1.95. The molecule has 0 fully saturated rings. The lowest BCUT2D eigenvalue weighted by Gasteiger charge is -2.13. The molecule has 0 aliphatic rings. The van der Waals surface area contributed by atoms with Gasteiger partial charge >= 0.3 is 0 Å². The maximum Gasteiger partial charge on any atom is 0.273 e. The first-order valence-corrected chi connectivity index (χ1v) is 7.29. The molecule has 0 aliphatic heterocycles. The van der Waals surface area contributed by atoms with E-state index in [0.717, 1.165) is 0 Å². The number of halogens is 1. The molecule has 8 heteroatoms. The summed E-state index contributed by atoms with van der Waals surface area (Å²) in [6.07, 6.45) is 0. The minimum Gasteiger partial charge on any atom is -0.497 e. The van der Waals surface area contributed by atoms with Crippen molar-refractivity contribution in [1.29, 1.82) is 0 Å². The van der Waals surface area contributed by atoms with Crippen molar-refractivity contribution in [2.75, 3.05) is 19.5 Å². The highest BCUT2D eigenvalue weighted by atomic mass is 32.1. The fourth-order valence-electron chi connectivity index (χ4n) is 1.86. The lowest BCUT2D eigenvalue weighted by molar-refractivity contribution is 0.0941. The second kappa shape index (κ2) is 8.11. The molecule has 2 aromatic rings. The van der Waals surface area contributed by atoms with Gasteiger partial charge in [-0.3, -0.25) is 15.6 Å². The highest BCUT2D eigenvalue weighted by Gasteiger charge is 2.13. The lowest BCUT2D eigenvalue weighted by Crippen LogP contribution is -2.43. The van der Waals surface area contributed by atoms with Crippen molar-refractivity contribution in [3.63, 3.8) is 0 Å². The Morgan fingerprint density at radius 2 is 1.75 bits per heavy atom. The monoisotopic (exact) mass is 349 g/mol. The second-order valence-corrected chi connectivity index (χ2v) is 5.01. The number of anilines is 1. The number of hydrogen-bond donors (Lipinski definition) is 3. The molecule has 2 rings (SSSR count). The molecule has 6 nitrogen and oxygen atoms in total. The van der Waals surface area contributed by atoms with Crippen LogP contribution in [0.25, 0.3) is 0 Å². The predicted octanol–water partition coefficient (Wildman–Crippen LogP) is 2.47. The van der Waals surface area contributed by atoms with Gasteiger partial charge in [-0.1, -0.05) is 0 Å². The molecule has 0 bridgehead atoms. The Hall–Kier alpha value is -2.87. The summed E-state index contributed by atoms with van der Waals surface area (Å²) in [7, 11) is 2.98. The highest BCUT2D eigenvalue weighted by Crippen LogP contribution is 2.24. The van der Waals surface area contributed by atoms with Crippen LogP contribution >= 0.6 is 12.2 Å². The number of nitrogens with one attached hydrogen (secondary N) is 3. The van der Waals surface area contributed by atoms with Gasteiger partial charge in [0.25, 0.3) is 5.91 Å². The van der Waals surface area contributed by atoms with E-state index >= 15 is 0 Å². The lowest BCUT2D eigenvalue weighted by atomic mass is 10.2. The summed E-state index contributed by atoms with van der Waals surface area (Å²) >= 11 is 5.06. The Labute approximate surface area is 143 Å². The normalized spacial score (nSPS) is 9.79. The summed E-state index contributed by atoms with van der Waals surface area (Å²) in [6.45, 7) is 0. The molecule has 0 saturated carbocycles. The smallest absolute Gasteiger partial charge is 0.273 e. The highest BCUT2D eigenvalue weighted by molar-refractivity contribution is 7.80. The van der Waals surface area contributed by atoms with Gasteiger partial charge in [0.05, 0.1) is 19.8 Å². The Bertz CT molecular complexity index is 738. The van der Waals surface area contributed by atoms with Crippen LogP contribution < -0.4 is 25.6 Å². The number of benzene rings is 2. The van der Waals surface area contributed by atoms with E-state index in [1.165, 1.54) is 38.5 Å². The number of hydrazine groups is 1. The molecule has 0 radical (unpaired) electrons. The predicted molar refractivity (Wildman–Crippen MR) is 92.8 cm³/mol. The van der Waals surface area contributed by atoms with Gasteiger partial charge in [-0.2, -0.15) is 0 Å². The van der Waals surface area contributed by atoms with Crippen LogP contribution in [0.2, 0.25) is 0 Å². The van der Waals surface area contributed by atoms with Gasteiger partial charge in [-0.25, -0.2) is 4.39 Å².